The van der Waals surface area contributed by atoms with Crippen LogP contribution in [0.5, 0.6) is 0 Å². The largest absolute Gasteiger partial charge is 0.246 e. The van der Waals surface area contributed by atoms with Gasteiger partial charge in [0.15, 0.2) is 17.5 Å². The van der Waals surface area contributed by atoms with Gasteiger partial charge in [-0.2, -0.15) is 0 Å². The molecule has 0 aliphatic rings. The van der Waals surface area contributed by atoms with E-state index < -0.39 is 0 Å². The van der Waals surface area contributed by atoms with E-state index in [2.05, 4.69) is 206 Å². The lowest BCUT2D eigenvalue weighted by Gasteiger charge is -2.16. The average molecular weight is 739 g/mol. The zero-order valence-corrected chi connectivity index (χ0v) is 31.4. The Balaban J connectivity index is 1.12. The Morgan fingerprint density at radius 3 is 1.34 bits per heavy atom. The van der Waals surface area contributed by atoms with Crippen LogP contribution in [0.4, 0.5) is 0 Å². The van der Waals surface area contributed by atoms with E-state index in [4.69, 9.17) is 19.9 Å². The van der Waals surface area contributed by atoms with Crippen LogP contribution in [0.25, 0.3) is 111 Å². The number of fused-ring (bicyclic) bond motifs is 5. The van der Waals surface area contributed by atoms with Gasteiger partial charge in [0.05, 0.1) is 11.2 Å². The van der Waals surface area contributed by atoms with Crippen LogP contribution in [0.2, 0.25) is 0 Å². The first-order chi connectivity index (χ1) is 28.7. The molecule has 0 atom stereocenters. The maximum Gasteiger partial charge on any atom is 0.164 e. The van der Waals surface area contributed by atoms with Crippen LogP contribution in [0.15, 0.2) is 206 Å². The molecule has 9 aromatic carbocycles. The molecule has 0 aliphatic heterocycles. The van der Waals surface area contributed by atoms with Crippen molar-refractivity contribution in [2.45, 2.75) is 0 Å². The highest BCUT2D eigenvalue weighted by atomic mass is 15.0. The Hall–Kier alpha value is -7.82. The Morgan fingerprint density at radius 2 is 0.724 bits per heavy atom. The van der Waals surface area contributed by atoms with Gasteiger partial charge in [0.2, 0.25) is 0 Å². The molecule has 2 heterocycles. The fourth-order valence-electron chi connectivity index (χ4n) is 8.23. The van der Waals surface area contributed by atoms with Gasteiger partial charge in [-0.15, -0.1) is 0 Å². The first-order valence-electron chi connectivity index (χ1n) is 19.6. The van der Waals surface area contributed by atoms with Gasteiger partial charge in [-0.25, -0.2) is 19.9 Å². The molecule has 0 amide bonds. The minimum Gasteiger partial charge on any atom is -0.246 e. The molecule has 2 aromatic heterocycles. The molecule has 0 spiro atoms. The third-order valence-electron chi connectivity index (χ3n) is 11.1. The van der Waals surface area contributed by atoms with Crippen molar-refractivity contribution in [2.75, 3.05) is 0 Å². The van der Waals surface area contributed by atoms with Gasteiger partial charge in [0.25, 0.3) is 0 Å². The molecule has 0 radical (unpaired) electrons. The number of pyridine rings is 1. The molecule has 4 heteroatoms. The van der Waals surface area contributed by atoms with Crippen molar-refractivity contribution in [2.24, 2.45) is 0 Å². The predicted molar refractivity (Wildman–Crippen MR) is 240 cm³/mol. The van der Waals surface area contributed by atoms with E-state index in [1.807, 2.05) is 0 Å². The van der Waals surface area contributed by atoms with E-state index >= 15 is 0 Å². The Bertz CT molecular complexity index is 3240. The van der Waals surface area contributed by atoms with Gasteiger partial charge in [-0.05, 0) is 56.4 Å². The molecule has 0 saturated heterocycles. The summed E-state index contributed by atoms with van der Waals surface area (Å²) < 4.78 is 0. The van der Waals surface area contributed by atoms with Crippen LogP contribution < -0.4 is 0 Å². The van der Waals surface area contributed by atoms with Crippen molar-refractivity contribution in [3.63, 3.8) is 0 Å². The van der Waals surface area contributed by atoms with Crippen LogP contribution in [0.3, 0.4) is 0 Å². The first-order valence-corrected chi connectivity index (χ1v) is 19.6. The molecule has 0 aliphatic carbocycles. The van der Waals surface area contributed by atoms with Crippen LogP contribution in [-0.2, 0) is 0 Å². The second-order valence-corrected chi connectivity index (χ2v) is 14.6. The van der Waals surface area contributed by atoms with Crippen LogP contribution in [0.1, 0.15) is 0 Å². The van der Waals surface area contributed by atoms with Gasteiger partial charge in [-0.1, -0.05) is 188 Å². The Kier molecular flexibility index (Phi) is 8.11. The van der Waals surface area contributed by atoms with Crippen LogP contribution in [0, 0.1) is 0 Å². The molecule has 58 heavy (non-hydrogen) atoms. The maximum absolute atomic E-state index is 5.50. The maximum atomic E-state index is 5.50. The van der Waals surface area contributed by atoms with Crippen molar-refractivity contribution in [1.29, 1.82) is 0 Å². The van der Waals surface area contributed by atoms with E-state index in [1.165, 1.54) is 27.3 Å². The normalized spacial score (nSPS) is 11.4. The summed E-state index contributed by atoms with van der Waals surface area (Å²) in [6, 6.07) is 72.3. The fourth-order valence-corrected chi connectivity index (χ4v) is 8.23. The Labute approximate surface area is 335 Å². The molecule has 11 aromatic rings. The molecular formula is C54H34N4. The second kappa shape index (κ2) is 14.0. The highest BCUT2D eigenvalue weighted by Gasteiger charge is 2.19. The van der Waals surface area contributed by atoms with Crippen LogP contribution >= 0.6 is 0 Å². The average Bonchev–Trinajstić information content (AvgIpc) is 3.31. The molecule has 11 rings (SSSR count). The zero-order chi connectivity index (χ0) is 38.4. The number of hydrogen-bond acceptors (Lipinski definition) is 4. The quantitative estimate of drug-likeness (QED) is 0.159. The lowest BCUT2D eigenvalue weighted by atomic mass is 9.91. The van der Waals surface area contributed by atoms with E-state index in [0.717, 1.165) is 66.1 Å². The molecule has 0 bridgehead atoms. The number of nitrogens with zero attached hydrogens (tertiary/aromatic N) is 4. The number of aromatic nitrogens is 4. The number of hydrogen-bond donors (Lipinski definition) is 0. The molecule has 0 N–H and O–H groups in total. The lowest BCUT2D eigenvalue weighted by molar-refractivity contribution is 1.08. The molecule has 270 valence electrons. The number of para-hydroxylation sites is 1. The second-order valence-electron chi connectivity index (χ2n) is 14.6. The van der Waals surface area contributed by atoms with Crippen molar-refractivity contribution in [1.82, 2.24) is 19.9 Å². The Morgan fingerprint density at radius 1 is 0.259 bits per heavy atom. The van der Waals surface area contributed by atoms with Crippen molar-refractivity contribution in [3.05, 3.63) is 206 Å². The minimum atomic E-state index is 0.609. The monoisotopic (exact) mass is 738 g/mol. The molecular weight excluding hydrogens is 705 g/mol. The summed E-state index contributed by atoms with van der Waals surface area (Å²) in [4.78, 5) is 20.9. The number of rotatable bonds is 6. The molecule has 0 saturated carbocycles. The highest BCUT2D eigenvalue weighted by molar-refractivity contribution is 6.19. The summed E-state index contributed by atoms with van der Waals surface area (Å²) in [5.74, 6) is 1.87. The van der Waals surface area contributed by atoms with Crippen LogP contribution in [-0.4, -0.2) is 19.9 Å². The summed E-state index contributed by atoms with van der Waals surface area (Å²) in [5.41, 5.74) is 10.2. The van der Waals surface area contributed by atoms with Gasteiger partial charge in [0.1, 0.15) is 0 Å². The van der Waals surface area contributed by atoms with Gasteiger partial charge < -0.3 is 0 Å². The van der Waals surface area contributed by atoms with Crippen molar-refractivity contribution >= 4 is 43.2 Å². The van der Waals surface area contributed by atoms with E-state index in [-0.39, 0.29) is 0 Å². The van der Waals surface area contributed by atoms with Gasteiger partial charge in [-0.3, -0.25) is 0 Å². The van der Waals surface area contributed by atoms with Crippen molar-refractivity contribution in [3.8, 4) is 67.7 Å². The smallest absolute Gasteiger partial charge is 0.164 e. The predicted octanol–water partition coefficient (Wildman–Crippen LogP) is 13.9. The zero-order valence-electron chi connectivity index (χ0n) is 31.4. The third-order valence-corrected chi connectivity index (χ3v) is 11.1. The molecule has 0 unspecified atom stereocenters. The van der Waals surface area contributed by atoms with Crippen molar-refractivity contribution < 1.29 is 0 Å². The van der Waals surface area contributed by atoms with E-state index in [1.54, 1.807) is 0 Å². The lowest BCUT2D eigenvalue weighted by Crippen LogP contribution is -2.00. The fraction of sp³-hybridized carbons (Fsp3) is 0. The standard InChI is InChI=1S/C54H34N4/c1-3-16-37(17-4-1)45-24-12-26-47-49(45)48-27-13-25-46(51(48)55-50(47)38-18-5-2-6-19-38)41-22-11-23-42(34-41)52-56-53(43-30-28-35-14-7-9-20-39(35)32-43)58-54(57-52)44-31-29-36-15-8-10-21-40(36)33-44/h1-34H. The van der Waals surface area contributed by atoms with Gasteiger partial charge >= 0.3 is 0 Å². The van der Waals surface area contributed by atoms with E-state index in [0.29, 0.717) is 17.5 Å². The molecule has 0 fully saturated rings. The minimum absolute atomic E-state index is 0.609. The molecule has 4 nitrogen and oxygen atoms in total. The highest BCUT2D eigenvalue weighted by Crippen LogP contribution is 2.41. The third kappa shape index (κ3) is 5.96. The first kappa shape index (κ1) is 33.5. The summed E-state index contributed by atoms with van der Waals surface area (Å²) >= 11 is 0. The van der Waals surface area contributed by atoms with E-state index in [9.17, 15) is 0 Å². The summed E-state index contributed by atoms with van der Waals surface area (Å²) in [6.07, 6.45) is 0. The van der Waals surface area contributed by atoms with Gasteiger partial charge in [0, 0.05) is 44.0 Å². The topological polar surface area (TPSA) is 51.6 Å². The summed E-state index contributed by atoms with van der Waals surface area (Å²) in [5, 5.41) is 8.03. The summed E-state index contributed by atoms with van der Waals surface area (Å²) in [6.45, 7) is 0. The summed E-state index contributed by atoms with van der Waals surface area (Å²) in [7, 11) is 0. The number of benzene rings is 9. The SMILES string of the molecule is c1ccc(-c2nc3c(-c4cccc(-c5nc(-c6ccc7ccccc7c6)nc(-c6ccc7ccccc7c6)n5)c4)cccc3c3c(-c4ccccc4)cccc23)cc1.